The molecule has 0 fully saturated rings. The van der Waals surface area contributed by atoms with Crippen LogP contribution in [0.1, 0.15) is 99.6 Å². The molecule has 0 saturated heterocycles. The van der Waals surface area contributed by atoms with Gasteiger partial charge in [-0.25, -0.2) is 0 Å². The molecule has 0 amide bonds. The maximum absolute atomic E-state index is 2.38. The predicted molar refractivity (Wildman–Crippen MR) is 101 cm³/mol. The van der Waals surface area contributed by atoms with E-state index in [0.29, 0.717) is 0 Å². The quantitative estimate of drug-likeness (QED) is 0.413. The van der Waals surface area contributed by atoms with Crippen molar-refractivity contribution >= 4 is 0 Å². The first-order valence-electron chi connectivity index (χ1n) is 9.74. The van der Waals surface area contributed by atoms with Crippen molar-refractivity contribution in [2.24, 2.45) is 0 Å². The standard InChI is InChI=1S/C22H38/c1-7-11-13-16-20-18(6)17(5)19(10-4)21(14-9-3)22(20)15-12-8-2/h7-16H2,1-6H3. The van der Waals surface area contributed by atoms with Gasteiger partial charge in [0.25, 0.3) is 0 Å². The van der Waals surface area contributed by atoms with Crippen molar-refractivity contribution in [3.8, 4) is 0 Å². The Hall–Kier alpha value is -0.780. The zero-order valence-corrected chi connectivity index (χ0v) is 16.1. The summed E-state index contributed by atoms with van der Waals surface area (Å²) in [6.45, 7) is 14.0. The van der Waals surface area contributed by atoms with Crippen molar-refractivity contribution in [1.29, 1.82) is 0 Å². The van der Waals surface area contributed by atoms with Gasteiger partial charge in [0, 0.05) is 0 Å². The van der Waals surface area contributed by atoms with Crippen LogP contribution in [-0.4, -0.2) is 0 Å². The van der Waals surface area contributed by atoms with Gasteiger partial charge in [-0.05, 0) is 85.8 Å². The predicted octanol–water partition coefficient (Wildman–Crippen LogP) is 6.89. The van der Waals surface area contributed by atoms with Gasteiger partial charge in [-0.1, -0.05) is 53.4 Å². The molecule has 0 heterocycles. The minimum absolute atomic E-state index is 1.19. The van der Waals surface area contributed by atoms with Crippen molar-refractivity contribution in [2.75, 3.05) is 0 Å². The molecule has 0 heteroatoms. The smallest absolute Gasteiger partial charge is 0.0273 e. The number of benzene rings is 1. The lowest BCUT2D eigenvalue weighted by atomic mass is 9.81. The zero-order valence-electron chi connectivity index (χ0n) is 16.1. The van der Waals surface area contributed by atoms with E-state index in [-0.39, 0.29) is 0 Å². The molecule has 0 spiro atoms. The van der Waals surface area contributed by atoms with Crippen LogP contribution in [0.3, 0.4) is 0 Å². The monoisotopic (exact) mass is 302 g/mol. The lowest BCUT2D eigenvalue weighted by molar-refractivity contribution is 0.698. The Labute approximate surface area is 139 Å². The third-order valence-corrected chi connectivity index (χ3v) is 5.22. The van der Waals surface area contributed by atoms with Gasteiger partial charge < -0.3 is 0 Å². The van der Waals surface area contributed by atoms with Gasteiger partial charge in [-0.3, -0.25) is 0 Å². The van der Waals surface area contributed by atoms with E-state index in [0.717, 1.165) is 0 Å². The first kappa shape index (κ1) is 19.3. The molecule has 0 N–H and O–H groups in total. The molecule has 0 bridgehead atoms. The molecule has 0 atom stereocenters. The summed E-state index contributed by atoms with van der Waals surface area (Å²) in [5.41, 5.74) is 9.99. The average molecular weight is 303 g/mol. The maximum atomic E-state index is 2.38. The summed E-state index contributed by atoms with van der Waals surface area (Å²) < 4.78 is 0. The van der Waals surface area contributed by atoms with E-state index in [4.69, 9.17) is 0 Å². The van der Waals surface area contributed by atoms with E-state index in [1.165, 1.54) is 64.2 Å². The van der Waals surface area contributed by atoms with Crippen LogP contribution in [0, 0.1) is 13.8 Å². The van der Waals surface area contributed by atoms with Crippen LogP contribution in [0.25, 0.3) is 0 Å². The summed E-state index contributed by atoms with van der Waals surface area (Å²) in [4.78, 5) is 0. The fourth-order valence-corrected chi connectivity index (χ4v) is 3.85. The molecule has 0 aliphatic heterocycles. The second kappa shape index (κ2) is 10.1. The molecule has 0 saturated carbocycles. The summed E-state index contributed by atoms with van der Waals surface area (Å²) in [7, 11) is 0. The highest BCUT2D eigenvalue weighted by Gasteiger charge is 2.17. The lowest BCUT2D eigenvalue weighted by Crippen LogP contribution is -2.10. The topological polar surface area (TPSA) is 0 Å². The third-order valence-electron chi connectivity index (χ3n) is 5.22. The van der Waals surface area contributed by atoms with Crippen LogP contribution in [0.15, 0.2) is 0 Å². The average Bonchev–Trinajstić information content (AvgIpc) is 2.52. The number of hydrogen-bond acceptors (Lipinski definition) is 0. The van der Waals surface area contributed by atoms with Crippen LogP contribution >= 0.6 is 0 Å². The lowest BCUT2D eigenvalue weighted by Gasteiger charge is -2.24. The number of unbranched alkanes of at least 4 members (excludes halogenated alkanes) is 3. The summed E-state index contributed by atoms with van der Waals surface area (Å²) >= 11 is 0. The first-order valence-corrected chi connectivity index (χ1v) is 9.74. The number of rotatable bonds is 10. The van der Waals surface area contributed by atoms with Gasteiger partial charge in [-0.2, -0.15) is 0 Å². The van der Waals surface area contributed by atoms with Crippen LogP contribution in [0.5, 0.6) is 0 Å². The fourth-order valence-electron chi connectivity index (χ4n) is 3.85. The SMILES string of the molecule is CCCCCc1c(C)c(C)c(CC)c(CCC)c1CCCC. The molecule has 0 aliphatic carbocycles. The highest BCUT2D eigenvalue weighted by molar-refractivity contribution is 5.51. The van der Waals surface area contributed by atoms with Crippen molar-refractivity contribution in [3.63, 3.8) is 0 Å². The Balaban J connectivity index is 3.35. The van der Waals surface area contributed by atoms with Gasteiger partial charge in [0.05, 0.1) is 0 Å². The third kappa shape index (κ3) is 4.61. The van der Waals surface area contributed by atoms with Gasteiger partial charge in [0.15, 0.2) is 0 Å². The molecule has 22 heavy (non-hydrogen) atoms. The zero-order chi connectivity index (χ0) is 16.5. The Kier molecular flexibility index (Phi) is 8.83. The van der Waals surface area contributed by atoms with Crippen molar-refractivity contribution in [1.82, 2.24) is 0 Å². The van der Waals surface area contributed by atoms with Gasteiger partial charge >= 0.3 is 0 Å². The van der Waals surface area contributed by atoms with E-state index < -0.39 is 0 Å². The van der Waals surface area contributed by atoms with Gasteiger partial charge in [0.1, 0.15) is 0 Å². The molecule has 0 aliphatic rings. The van der Waals surface area contributed by atoms with E-state index in [2.05, 4.69) is 41.5 Å². The summed E-state index contributed by atoms with van der Waals surface area (Å²) in [5.74, 6) is 0. The molecule has 0 aromatic heterocycles. The maximum Gasteiger partial charge on any atom is -0.0273 e. The fraction of sp³-hybridized carbons (Fsp3) is 0.727. The molecule has 0 radical (unpaired) electrons. The van der Waals surface area contributed by atoms with Crippen LogP contribution < -0.4 is 0 Å². The van der Waals surface area contributed by atoms with Gasteiger partial charge in [0.2, 0.25) is 0 Å². The molecular formula is C22H38. The van der Waals surface area contributed by atoms with E-state index in [1.54, 1.807) is 33.4 Å². The molecule has 0 nitrogen and oxygen atoms in total. The van der Waals surface area contributed by atoms with E-state index in [1.807, 2.05) is 0 Å². The second-order valence-electron chi connectivity index (χ2n) is 6.83. The normalized spacial score (nSPS) is 11.2. The first-order chi connectivity index (χ1) is 10.6. The van der Waals surface area contributed by atoms with Crippen molar-refractivity contribution in [2.45, 2.75) is 106 Å². The van der Waals surface area contributed by atoms with Crippen LogP contribution in [0.2, 0.25) is 0 Å². The summed E-state index contributed by atoms with van der Waals surface area (Å²) in [6.07, 6.45) is 13.0. The minimum atomic E-state index is 1.19. The molecule has 1 aromatic rings. The molecule has 126 valence electrons. The van der Waals surface area contributed by atoms with E-state index >= 15 is 0 Å². The van der Waals surface area contributed by atoms with E-state index in [9.17, 15) is 0 Å². The van der Waals surface area contributed by atoms with Gasteiger partial charge in [-0.15, -0.1) is 0 Å². The summed E-state index contributed by atoms with van der Waals surface area (Å²) in [5, 5.41) is 0. The largest absolute Gasteiger partial charge is 0.0654 e. The van der Waals surface area contributed by atoms with Crippen LogP contribution in [-0.2, 0) is 25.7 Å². The highest BCUT2D eigenvalue weighted by atomic mass is 14.2. The summed E-state index contributed by atoms with van der Waals surface area (Å²) in [6, 6.07) is 0. The Bertz CT molecular complexity index is 454. The Morgan fingerprint density at radius 1 is 0.500 bits per heavy atom. The molecule has 0 unspecified atom stereocenters. The minimum Gasteiger partial charge on any atom is -0.0654 e. The van der Waals surface area contributed by atoms with Crippen molar-refractivity contribution in [3.05, 3.63) is 33.4 Å². The second-order valence-corrected chi connectivity index (χ2v) is 6.83. The molecular weight excluding hydrogens is 264 g/mol. The Morgan fingerprint density at radius 3 is 1.59 bits per heavy atom. The highest BCUT2D eigenvalue weighted by Crippen LogP contribution is 2.31. The molecule has 1 aromatic carbocycles. The van der Waals surface area contributed by atoms with Crippen LogP contribution in [0.4, 0.5) is 0 Å². The van der Waals surface area contributed by atoms with Crippen molar-refractivity contribution < 1.29 is 0 Å². The molecule has 1 rings (SSSR count). The Morgan fingerprint density at radius 2 is 1.05 bits per heavy atom. The number of hydrogen-bond donors (Lipinski definition) is 0.